The first-order valence-electron chi connectivity index (χ1n) is 8.94. The molecule has 0 radical (unpaired) electrons. The van der Waals surface area contributed by atoms with E-state index in [0.717, 1.165) is 54.3 Å². The van der Waals surface area contributed by atoms with E-state index in [-0.39, 0.29) is 5.82 Å². The van der Waals surface area contributed by atoms with Gasteiger partial charge >= 0.3 is 0 Å². The number of thioether (sulfide) groups is 1. The molecule has 0 spiro atoms. The van der Waals surface area contributed by atoms with Gasteiger partial charge in [-0.1, -0.05) is 5.16 Å². The summed E-state index contributed by atoms with van der Waals surface area (Å²) in [6.45, 7) is 3.29. The van der Waals surface area contributed by atoms with Crippen LogP contribution in [0.4, 0.5) is 9.39 Å². The fourth-order valence-electron chi connectivity index (χ4n) is 3.53. The second-order valence-corrected chi connectivity index (χ2v) is 9.19. The molecule has 0 bridgehead atoms. The van der Waals surface area contributed by atoms with Crippen molar-refractivity contribution in [2.45, 2.75) is 29.4 Å². The van der Waals surface area contributed by atoms with Crippen molar-refractivity contribution in [3.63, 3.8) is 0 Å². The van der Waals surface area contributed by atoms with Crippen LogP contribution in [-0.4, -0.2) is 35.4 Å². The monoisotopic (exact) mass is 391 g/mol. The highest BCUT2D eigenvalue weighted by molar-refractivity contribution is 8.01. The first-order chi connectivity index (χ1) is 12.7. The predicted octanol–water partition coefficient (Wildman–Crippen LogP) is 4.97. The maximum atomic E-state index is 13.3. The van der Waals surface area contributed by atoms with Crippen LogP contribution in [0.25, 0.3) is 11.0 Å². The summed E-state index contributed by atoms with van der Waals surface area (Å²) < 4.78 is 19.9. The molecule has 4 nitrogen and oxygen atoms in total. The summed E-state index contributed by atoms with van der Waals surface area (Å²) in [5.41, 5.74) is 7.30. The number of anilines is 1. The van der Waals surface area contributed by atoms with Crippen molar-refractivity contribution in [2.75, 3.05) is 31.1 Å². The summed E-state index contributed by atoms with van der Waals surface area (Å²) in [7, 11) is 0. The average Bonchev–Trinajstić information content (AvgIpc) is 3.25. The number of nitrogens with two attached hydrogens (primary N) is 1. The Labute approximate surface area is 160 Å². The average molecular weight is 392 g/mol. The molecule has 3 aromatic rings. The normalized spacial score (nSPS) is 16.5. The van der Waals surface area contributed by atoms with Crippen LogP contribution in [0.3, 0.4) is 0 Å². The fraction of sp³-hybridized carbons (Fsp3) is 0.421. The Kier molecular flexibility index (Phi) is 5.47. The number of rotatable bonds is 6. The summed E-state index contributed by atoms with van der Waals surface area (Å²) in [6, 6.07) is 8.76. The Balaban J connectivity index is 1.24. The second-order valence-electron chi connectivity index (χ2n) is 6.68. The molecule has 1 saturated heterocycles. The third-order valence-electron chi connectivity index (χ3n) is 4.90. The minimum Gasteiger partial charge on any atom is -0.391 e. The summed E-state index contributed by atoms with van der Waals surface area (Å²) in [6.07, 6.45) is 3.33. The zero-order chi connectivity index (χ0) is 17.9. The number of benzene rings is 1. The highest BCUT2D eigenvalue weighted by atomic mass is 32.2. The topological polar surface area (TPSA) is 55.3 Å². The molecule has 2 aromatic heterocycles. The lowest BCUT2D eigenvalue weighted by atomic mass is 9.91. The molecule has 3 heterocycles. The summed E-state index contributed by atoms with van der Waals surface area (Å²) in [4.78, 5) is 2.53. The molecule has 1 aromatic carbocycles. The zero-order valence-electron chi connectivity index (χ0n) is 14.5. The number of nitrogen functional groups attached to an aromatic ring is 1. The van der Waals surface area contributed by atoms with Crippen molar-refractivity contribution in [3.8, 4) is 0 Å². The summed E-state index contributed by atoms with van der Waals surface area (Å²) in [5.74, 6) is 1.25. The number of halogens is 1. The largest absolute Gasteiger partial charge is 0.391 e. The predicted molar refractivity (Wildman–Crippen MR) is 106 cm³/mol. The molecule has 7 heteroatoms. The maximum absolute atomic E-state index is 13.3. The Bertz CT molecular complexity index is 871. The number of thiophene rings is 1. The van der Waals surface area contributed by atoms with Gasteiger partial charge in [-0.05, 0) is 63.2 Å². The van der Waals surface area contributed by atoms with Crippen molar-refractivity contribution in [1.82, 2.24) is 10.1 Å². The van der Waals surface area contributed by atoms with Gasteiger partial charge in [0.2, 0.25) is 0 Å². The van der Waals surface area contributed by atoms with Crippen molar-refractivity contribution in [3.05, 3.63) is 41.8 Å². The van der Waals surface area contributed by atoms with E-state index in [2.05, 4.69) is 16.1 Å². The van der Waals surface area contributed by atoms with E-state index >= 15 is 0 Å². The van der Waals surface area contributed by atoms with E-state index in [0.29, 0.717) is 11.5 Å². The Morgan fingerprint density at radius 1 is 1.27 bits per heavy atom. The van der Waals surface area contributed by atoms with E-state index in [4.69, 9.17) is 10.3 Å². The second kappa shape index (κ2) is 7.98. The highest BCUT2D eigenvalue weighted by Gasteiger charge is 2.24. The van der Waals surface area contributed by atoms with Gasteiger partial charge in [-0.2, -0.15) is 0 Å². The molecule has 0 atom stereocenters. The van der Waals surface area contributed by atoms with Crippen LogP contribution in [0, 0.1) is 5.82 Å². The molecule has 1 aliphatic heterocycles. The molecule has 1 aliphatic rings. The SMILES string of the molecule is Nc1ccc(SCCCN2CCC(c3noc4cc(F)ccc34)CC2)s1. The van der Waals surface area contributed by atoms with Crippen molar-refractivity contribution in [1.29, 1.82) is 0 Å². The number of aromatic nitrogens is 1. The number of nitrogens with zero attached hydrogens (tertiary/aromatic N) is 2. The minimum atomic E-state index is -0.280. The van der Waals surface area contributed by atoms with E-state index in [1.165, 1.54) is 22.8 Å². The van der Waals surface area contributed by atoms with Gasteiger partial charge in [-0.3, -0.25) is 0 Å². The van der Waals surface area contributed by atoms with E-state index in [9.17, 15) is 4.39 Å². The van der Waals surface area contributed by atoms with Crippen LogP contribution in [0.1, 0.15) is 30.9 Å². The minimum absolute atomic E-state index is 0.280. The van der Waals surface area contributed by atoms with E-state index in [1.54, 1.807) is 17.4 Å². The lowest BCUT2D eigenvalue weighted by molar-refractivity contribution is 0.210. The molecule has 0 amide bonds. The standard InChI is InChI=1S/C19H22FN3OS2/c20-14-2-3-15-16(12-14)24-22-19(15)13-6-9-23(10-7-13)8-1-11-25-18-5-4-17(21)26-18/h2-5,12-13H,1,6-11,21H2. The number of likely N-dealkylation sites (tertiary alicyclic amines) is 1. The number of piperidine rings is 1. The Hall–Kier alpha value is -1.57. The molecule has 138 valence electrons. The number of fused-ring (bicyclic) bond motifs is 1. The Morgan fingerprint density at radius 2 is 2.12 bits per heavy atom. The fourth-order valence-corrected chi connectivity index (χ4v) is 5.45. The van der Waals surface area contributed by atoms with Crippen LogP contribution < -0.4 is 5.73 Å². The highest BCUT2D eigenvalue weighted by Crippen LogP contribution is 2.33. The van der Waals surface area contributed by atoms with Gasteiger partial charge < -0.3 is 15.2 Å². The zero-order valence-corrected chi connectivity index (χ0v) is 16.1. The van der Waals surface area contributed by atoms with E-state index in [1.807, 2.05) is 17.8 Å². The lowest BCUT2D eigenvalue weighted by Gasteiger charge is -2.31. The smallest absolute Gasteiger partial charge is 0.170 e. The third kappa shape index (κ3) is 4.05. The van der Waals surface area contributed by atoms with Crippen LogP contribution in [-0.2, 0) is 0 Å². The molecule has 4 rings (SSSR count). The molecule has 0 aliphatic carbocycles. The molecule has 26 heavy (non-hydrogen) atoms. The van der Waals surface area contributed by atoms with Gasteiger partial charge in [0.1, 0.15) is 5.82 Å². The van der Waals surface area contributed by atoms with Gasteiger partial charge in [0.15, 0.2) is 5.58 Å². The van der Waals surface area contributed by atoms with Gasteiger partial charge in [-0.15, -0.1) is 23.1 Å². The first-order valence-corrected chi connectivity index (χ1v) is 10.7. The molecule has 2 N–H and O–H groups in total. The van der Waals surface area contributed by atoms with Crippen molar-refractivity contribution in [2.24, 2.45) is 0 Å². The number of hydrogen-bond acceptors (Lipinski definition) is 6. The quantitative estimate of drug-likeness (QED) is 0.475. The summed E-state index contributed by atoms with van der Waals surface area (Å²) in [5, 5.41) is 6.07. The lowest BCUT2D eigenvalue weighted by Crippen LogP contribution is -2.34. The maximum Gasteiger partial charge on any atom is 0.170 e. The van der Waals surface area contributed by atoms with Crippen molar-refractivity contribution < 1.29 is 8.91 Å². The first kappa shape index (κ1) is 17.8. The van der Waals surface area contributed by atoms with Crippen LogP contribution in [0.15, 0.2) is 39.1 Å². The molecule has 1 fully saturated rings. The van der Waals surface area contributed by atoms with Gasteiger partial charge in [0.25, 0.3) is 0 Å². The Morgan fingerprint density at radius 3 is 2.88 bits per heavy atom. The molecular weight excluding hydrogens is 369 g/mol. The molecular formula is C19H22FN3OS2. The van der Waals surface area contributed by atoms with Crippen LogP contribution in [0.5, 0.6) is 0 Å². The van der Waals surface area contributed by atoms with E-state index < -0.39 is 0 Å². The van der Waals surface area contributed by atoms with Gasteiger partial charge in [-0.25, -0.2) is 4.39 Å². The number of hydrogen-bond donors (Lipinski definition) is 1. The third-order valence-corrected chi connectivity index (χ3v) is 7.13. The van der Waals surface area contributed by atoms with Crippen LogP contribution >= 0.6 is 23.1 Å². The van der Waals surface area contributed by atoms with Gasteiger partial charge in [0, 0.05) is 23.1 Å². The van der Waals surface area contributed by atoms with Crippen LogP contribution in [0.2, 0.25) is 0 Å². The molecule has 0 saturated carbocycles. The summed E-state index contributed by atoms with van der Waals surface area (Å²) >= 11 is 3.55. The molecule has 0 unspecified atom stereocenters. The van der Waals surface area contributed by atoms with Gasteiger partial charge in [0.05, 0.1) is 14.9 Å². The van der Waals surface area contributed by atoms with Crippen molar-refractivity contribution >= 4 is 39.1 Å².